The van der Waals surface area contributed by atoms with Crippen molar-refractivity contribution in [1.29, 1.82) is 0 Å². The molecule has 90 valence electrons. The summed E-state index contributed by atoms with van der Waals surface area (Å²) in [7, 11) is 1.63. The highest BCUT2D eigenvalue weighted by molar-refractivity contribution is 6.34. The molecule has 1 aromatic carbocycles. The third-order valence-corrected chi connectivity index (χ3v) is 3.36. The standard InChI is InChI=1S/C14H15ClO2/c1-17-12-6-2-4-10(9-12)8-11-5-3-7-13(15)14(11)16/h2,4,6,8-9,13H,3,5,7H2,1H3. The van der Waals surface area contributed by atoms with Gasteiger partial charge >= 0.3 is 0 Å². The Bertz CT molecular complexity index is 451. The quantitative estimate of drug-likeness (QED) is 0.594. The summed E-state index contributed by atoms with van der Waals surface area (Å²) in [4.78, 5) is 11.9. The maximum atomic E-state index is 11.9. The third kappa shape index (κ3) is 2.89. The largest absolute Gasteiger partial charge is 0.497 e. The van der Waals surface area contributed by atoms with E-state index in [0.717, 1.165) is 36.1 Å². The van der Waals surface area contributed by atoms with Gasteiger partial charge in [0.05, 0.1) is 12.5 Å². The van der Waals surface area contributed by atoms with Crippen LogP contribution in [0.2, 0.25) is 0 Å². The van der Waals surface area contributed by atoms with Crippen molar-refractivity contribution >= 4 is 23.5 Å². The molecule has 0 amide bonds. The Kier molecular flexibility index (Phi) is 3.85. The Hall–Kier alpha value is -1.28. The fourth-order valence-corrected chi connectivity index (χ4v) is 2.30. The Morgan fingerprint density at radius 2 is 2.29 bits per heavy atom. The minimum Gasteiger partial charge on any atom is -0.497 e. The van der Waals surface area contributed by atoms with Gasteiger partial charge in [0.25, 0.3) is 0 Å². The van der Waals surface area contributed by atoms with Crippen molar-refractivity contribution in [1.82, 2.24) is 0 Å². The van der Waals surface area contributed by atoms with Crippen LogP contribution in [-0.4, -0.2) is 18.3 Å². The van der Waals surface area contributed by atoms with Crippen molar-refractivity contribution in [3.05, 3.63) is 35.4 Å². The van der Waals surface area contributed by atoms with Crippen LogP contribution in [0.4, 0.5) is 0 Å². The molecule has 0 bridgehead atoms. The summed E-state index contributed by atoms with van der Waals surface area (Å²) >= 11 is 5.97. The van der Waals surface area contributed by atoms with Gasteiger partial charge in [-0.15, -0.1) is 11.6 Å². The first kappa shape index (κ1) is 12.2. The second kappa shape index (κ2) is 5.37. The summed E-state index contributed by atoms with van der Waals surface area (Å²) in [6.07, 6.45) is 4.50. The molecule has 1 aliphatic carbocycles. The lowest BCUT2D eigenvalue weighted by molar-refractivity contribution is -0.116. The molecule has 1 fully saturated rings. The number of carbonyl (C=O) groups is 1. The number of ether oxygens (including phenoxy) is 1. The zero-order valence-electron chi connectivity index (χ0n) is 9.78. The first-order valence-corrected chi connectivity index (χ1v) is 6.17. The molecule has 1 aliphatic rings. The van der Waals surface area contributed by atoms with Gasteiger partial charge in [-0.1, -0.05) is 12.1 Å². The molecule has 0 heterocycles. The molecule has 0 saturated heterocycles. The van der Waals surface area contributed by atoms with E-state index in [9.17, 15) is 4.79 Å². The molecule has 0 spiro atoms. The normalized spacial score (nSPS) is 22.8. The zero-order chi connectivity index (χ0) is 12.3. The van der Waals surface area contributed by atoms with Crippen molar-refractivity contribution in [3.63, 3.8) is 0 Å². The van der Waals surface area contributed by atoms with Crippen LogP contribution in [0.3, 0.4) is 0 Å². The van der Waals surface area contributed by atoms with E-state index in [1.807, 2.05) is 30.3 Å². The monoisotopic (exact) mass is 250 g/mol. The number of rotatable bonds is 2. The van der Waals surface area contributed by atoms with Crippen LogP contribution in [0, 0.1) is 0 Å². The van der Waals surface area contributed by atoms with Crippen LogP contribution in [0.5, 0.6) is 5.75 Å². The number of halogens is 1. The van der Waals surface area contributed by atoms with Crippen LogP contribution < -0.4 is 4.74 Å². The molecule has 1 unspecified atom stereocenters. The van der Waals surface area contributed by atoms with Gasteiger partial charge in [0.1, 0.15) is 5.75 Å². The lowest BCUT2D eigenvalue weighted by Crippen LogP contribution is -2.21. The number of hydrogen-bond donors (Lipinski definition) is 0. The molecule has 3 heteroatoms. The van der Waals surface area contributed by atoms with Crippen LogP contribution in [-0.2, 0) is 4.79 Å². The molecule has 0 N–H and O–H groups in total. The van der Waals surface area contributed by atoms with Crippen molar-refractivity contribution in [2.24, 2.45) is 0 Å². The second-order valence-electron chi connectivity index (χ2n) is 4.17. The highest BCUT2D eigenvalue weighted by Gasteiger charge is 2.24. The van der Waals surface area contributed by atoms with Crippen LogP contribution >= 0.6 is 11.6 Å². The maximum absolute atomic E-state index is 11.9. The Morgan fingerprint density at radius 3 is 3.06 bits per heavy atom. The maximum Gasteiger partial charge on any atom is 0.176 e. The van der Waals surface area contributed by atoms with Gasteiger partial charge in [0.15, 0.2) is 5.78 Å². The van der Waals surface area contributed by atoms with Crippen LogP contribution in [0.1, 0.15) is 24.8 Å². The molecule has 0 radical (unpaired) electrons. The van der Waals surface area contributed by atoms with E-state index in [4.69, 9.17) is 16.3 Å². The molecule has 1 saturated carbocycles. The number of ketones is 1. The van der Waals surface area contributed by atoms with Gasteiger partial charge in [-0.05, 0) is 48.6 Å². The van der Waals surface area contributed by atoms with Gasteiger partial charge < -0.3 is 4.74 Å². The lowest BCUT2D eigenvalue weighted by Gasteiger charge is -2.17. The first-order valence-electron chi connectivity index (χ1n) is 5.73. The highest BCUT2D eigenvalue weighted by Crippen LogP contribution is 2.26. The number of allylic oxidation sites excluding steroid dienone is 1. The predicted molar refractivity (Wildman–Crippen MR) is 69.5 cm³/mol. The van der Waals surface area contributed by atoms with E-state index in [1.54, 1.807) is 7.11 Å². The van der Waals surface area contributed by atoms with Crippen molar-refractivity contribution < 1.29 is 9.53 Å². The summed E-state index contributed by atoms with van der Waals surface area (Å²) < 4.78 is 5.15. The molecule has 17 heavy (non-hydrogen) atoms. The molecular weight excluding hydrogens is 236 g/mol. The number of benzene rings is 1. The zero-order valence-corrected chi connectivity index (χ0v) is 10.5. The van der Waals surface area contributed by atoms with E-state index in [-0.39, 0.29) is 11.2 Å². The number of carbonyl (C=O) groups excluding carboxylic acids is 1. The van der Waals surface area contributed by atoms with Crippen molar-refractivity contribution in [2.75, 3.05) is 7.11 Å². The Morgan fingerprint density at radius 1 is 1.47 bits per heavy atom. The van der Waals surface area contributed by atoms with Gasteiger partial charge in [-0.3, -0.25) is 4.79 Å². The van der Waals surface area contributed by atoms with E-state index >= 15 is 0 Å². The molecule has 0 aliphatic heterocycles. The van der Waals surface area contributed by atoms with Gasteiger partial charge in [-0.25, -0.2) is 0 Å². The minimum absolute atomic E-state index is 0.0701. The van der Waals surface area contributed by atoms with Gasteiger partial charge in [0.2, 0.25) is 0 Å². The van der Waals surface area contributed by atoms with Crippen LogP contribution in [0.15, 0.2) is 29.8 Å². The Labute approximate surface area is 106 Å². The fraction of sp³-hybridized carbons (Fsp3) is 0.357. The number of methoxy groups -OCH3 is 1. The molecule has 0 aromatic heterocycles. The molecule has 1 aromatic rings. The summed E-state index contributed by atoms with van der Waals surface area (Å²) in [6, 6.07) is 7.67. The van der Waals surface area contributed by atoms with Gasteiger partial charge in [-0.2, -0.15) is 0 Å². The minimum atomic E-state index is -0.347. The van der Waals surface area contributed by atoms with Crippen LogP contribution in [0.25, 0.3) is 6.08 Å². The third-order valence-electron chi connectivity index (χ3n) is 2.94. The second-order valence-corrected chi connectivity index (χ2v) is 4.70. The summed E-state index contributed by atoms with van der Waals surface area (Å²) in [6.45, 7) is 0. The van der Waals surface area contributed by atoms with E-state index in [0.29, 0.717) is 0 Å². The molecule has 2 nitrogen and oxygen atoms in total. The summed E-state index contributed by atoms with van der Waals surface area (Å²) in [5.41, 5.74) is 1.81. The number of Topliss-reactive ketones (excluding diaryl/α,β-unsaturated/α-hetero) is 1. The fourth-order valence-electron chi connectivity index (χ4n) is 2.00. The van der Waals surface area contributed by atoms with Crippen molar-refractivity contribution in [3.8, 4) is 5.75 Å². The average Bonchev–Trinajstić information content (AvgIpc) is 2.35. The van der Waals surface area contributed by atoms with Gasteiger partial charge in [0, 0.05) is 0 Å². The number of alkyl halides is 1. The molecule has 2 rings (SSSR count). The average molecular weight is 251 g/mol. The van der Waals surface area contributed by atoms with E-state index in [2.05, 4.69) is 0 Å². The topological polar surface area (TPSA) is 26.3 Å². The molecular formula is C14H15ClO2. The highest BCUT2D eigenvalue weighted by atomic mass is 35.5. The first-order chi connectivity index (χ1) is 8.20. The predicted octanol–water partition coefficient (Wildman–Crippen LogP) is 3.44. The lowest BCUT2D eigenvalue weighted by atomic mass is 9.91. The smallest absolute Gasteiger partial charge is 0.176 e. The summed E-state index contributed by atoms with van der Waals surface area (Å²) in [5, 5.41) is -0.347. The number of hydrogen-bond acceptors (Lipinski definition) is 2. The van der Waals surface area contributed by atoms with Crippen molar-refractivity contribution in [2.45, 2.75) is 24.6 Å². The van der Waals surface area contributed by atoms with E-state index in [1.165, 1.54) is 0 Å². The summed E-state index contributed by atoms with van der Waals surface area (Å²) in [5.74, 6) is 0.866. The Balaban J connectivity index is 2.25. The SMILES string of the molecule is COc1cccc(C=C2CCCC(Cl)C2=O)c1. The molecule has 1 atom stereocenters. The van der Waals surface area contributed by atoms with E-state index < -0.39 is 0 Å².